The maximum atomic E-state index is 5.99. The Morgan fingerprint density at radius 2 is 2.16 bits per heavy atom. The van der Waals surface area contributed by atoms with Crippen LogP contribution in [0.3, 0.4) is 0 Å². The number of fused-ring (bicyclic) bond motifs is 3. The van der Waals surface area contributed by atoms with Crippen LogP contribution in [0, 0.1) is 12.8 Å². The van der Waals surface area contributed by atoms with Crippen LogP contribution < -0.4 is 5.32 Å². The summed E-state index contributed by atoms with van der Waals surface area (Å²) in [5.74, 6) is 0.779. The van der Waals surface area contributed by atoms with E-state index in [1.54, 1.807) is 0 Å². The summed E-state index contributed by atoms with van der Waals surface area (Å²) in [4.78, 5) is 9.70. The highest BCUT2D eigenvalue weighted by molar-refractivity contribution is 7.12. The Labute approximate surface area is 153 Å². The van der Waals surface area contributed by atoms with Gasteiger partial charge >= 0.3 is 0 Å². The number of ether oxygens (including phenoxy) is 1. The third-order valence-electron chi connectivity index (χ3n) is 6.02. The molecular formula is C20H25N3OS. The van der Waals surface area contributed by atoms with Gasteiger partial charge in [0.15, 0.2) is 0 Å². The number of rotatable bonds is 5. The zero-order valence-corrected chi connectivity index (χ0v) is 15.4. The highest BCUT2D eigenvalue weighted by Crippen LogP contribution is 2.43. The molecule has 5 heteroatoms. The molecule has 25 heavy (non-hydrogen) atoms. The number of aromatic nitrogens is 1. The van der Waals surface area contributed by atoms with Crippen molar-refractivity contribution >= 4 is 11.3 Å². The summed E-state index contributed by atoms with van der Waals surface area (Å²) in [5, 5.41) is 3.87. The standard InChI is InChI=1S/C20H25N3OS/c1-13-4-5-17(25-13)19-20(24-19)22-18-15-6-9-23(10-7-15)16(18)11-14-3-2-8-21-12-14/h2-5,8,12,15-16,18-20,22H,6-7,9-11H2,1H3/t16-,18+,19?,20?/m0/s1. The van der Waals surface area contributed by atoms with Crippen molar-refractivity contribution < 1.29 is 4.74 Å². The average Bonchev–Trinajstić information content (AvgIpc) is 3.28. The summed E-state index contributed by atoms with van der Waals surface area (Å²) in [6.45, 7) is 4.65. The smallest absolute Gasteiger partial charge is 0.141 e. The van der Waals surface area contributed by atoms with Crippen LogP contribution in [0.1, 0.15) is 34.3 Å². The Bertz CT molecular complexity index is 726. The second kappa shape index (κ2) is 6.47. The molecule has 4 nitrogen and oxygen atoms in total. The molecule has 0 amide bonds. The molecule has 6 rings (SSSR count). The van der Waals surface area contributed by atoms with Gasteiger partial charge in [-0.25, -0.2) is 0 Å². The molecule has 0 radical (unpaired) electrons. The van der Waals surface area contributed by atoms with E-state index >= 15 is 0 Å². The van der Waals surface area contributed by atoms with E-state index in [-0.39, 0.29) is 12.3 Å². The van der Waals surface area contributed by atoms with Gasteiger partial charge in [-0.1, -0.05) is 6.07 Å². The second-order valence-corrected chi connectivity index (χ2v) is 8.94. The van der Waals surface area contributed by atoms with Crippen molar-refractivity contribution in [3.05, 3.63) is 52.0 Å². The van der Waals surface area contributed by atoms with Crippen LogP contribution in [-0.4, -0.2) is 41.3 Å². The molecule has 132 valence electrons. The lowest BCUT2D eigenvalue weighted by atomic mass is 9.77. The molecule has 2 unspecified atom stereocenters. The van der Waals surface area contributed by atoms with E-state index in [1.165, 1.54) is 41.2 Å². The number of thiophene rings is 1. The second-order valence-electron chi connectivity index (χ2n) is 7.62. The molecule has 4 fully saturated rings. The molecule has 4 aliphatic heterocycles. The average molecular weight is 356 g/mol. The normalized spacial score (nSPS) is 36.5. The molecule has 0 saturated carbocycles. The minimum Gasteiger partial charge on any atom is -0.347 e. The Balaban J connectivity index is 1.30. The van der Waals surface area contributed by atoms with E-state index in [9.17, 15) is 0 Å². The first-order chi connectivity index (χ1) is 12.3. The van der Waals surface area contributed by atoms with Gasteiger partial charge in [0.25, 0.3) is 0 Å². The molecule has 6 heterocycles. The van der Waals surface area contributed by atoms with Crippen LogP contribution >= 0.6 is 11.3 Å². The Morgan fingerprint density at radius 1 is 1.28 bits per heavy atom. The predicted molar refractivity (Wildman–Crippen MR) is 99.6 cm³/mol. The van der Waals surface area contributed by atoms with Gasteiger partial charge in [0.05, 0.1) is 0 Å². The molecule has 4 aliphatic rings. The summed E-state index contributed by atoms with van der Waals surface area (Å²) in [6.07, 6.45) is 8.04. The monoisotopic (exact) mass is 355 g/mol. The maximum Gasteiger partial charge on any atom is 0.141 e. The van der Waals surface area contributed by atoms with Crippen molar-refractivity contribution in [1.29, 1.82) is 0 Å². The molecule has 2 aromatic heterocycles. The molecule has 2 aromatic rings. The van der Waals surface area contributed by atoms with E-state index in [0.29, 0.717) is 12.1 Å². The Hall–Kier alpha value is -1.27. The summed E-state index contributed by atoms with van der Waals surface area (Å²) in [6, 6.07) is 9.75. The summed E-state index contributed by atoms with van der Waals surface area (Å²) >= 11 is 1.86. The number of hydrogen-bond acceptors (Lipinski definition) is 5. The first-order valence-electron chi connectivity index (χ1n) is 9.39. The van der Waals surface area contributed by atoms with Crippen molar-refractivity contribution in [1.82, 2.24) is 15.2 Å². The number of aryl methyl sites for hydroxylation is 1. The third-order valence-corrected chi connectivity index (χ3v) is 7.09. The molecule has 0 aromatic carbocycles. The highest BCUT2D eigenvalue weighted by atomic mass is 32.1. The van der Waals surface area contributed by atoms with E-state index < -0.39 is 0 Å². The van der Waals surface area contributed by atoms with Crippen LogP contribution in [0.25, 0.3) is 0 Å². The molecule has 2 bridgehead atoms. The molecule has 0 spiro atoms. The fourth-order valence-corrected chi connectivity index (χ4v) is 5.61. The Kier molecular flexibility index (Phi) is 4.13. The number of epoxide rings is 1. The van der Waals surface area contributed by atoms with E-state index in [0.717, 1.165) is 12.3 Å². The van der Waals surface area contributed by atoms with Gasteiger partial charge in [-0.3, -0.25) is 15.2 Å². The largest absolute Gasteiger partial charge is 0.347 e. The van der Waals surface area contributed by atoms with E-state index in [4.69, 9.17) is 4.74 Å². The molecular weight excluding hydrogens is 330 g/mol. The van der Waals surface area contributed by atoms with Gasteiger partial charge in [-0.15, -0.1) is 11.3 Å². The zero-order chi connectivity index (χ0) is 16.8. The van der Waals surface area contributed by atoms with Gasteiger partial charge in [-0.05, 0) is 69.0 Å². The molecule has 4 saturated heterocycles. The van der Waals surface area contributed by atoms with Gasteiger partial charge in [-0.2, -0.15) is 0 Å². The summed E-state index contributed by atoms with van der Waals surface area (Å²) < 4.78 is 5.99. The molecule has 0 aliphatic carbocycles. The van der Waals surface area contributed by atoms with Crippen molar-refractivity contribution in [2.24, 2.45) is 5.92 Å². The van der Waals surface area contributed by atoms with Crippen molar-refractivity contribution in [2.75, 3.05) is 13.1 Å². The van der Waals surface area contributed by atoms with Crippen molar-refractivity contribution in [3.8, 4) is 0 Å². The fourth-order valence-electron chi connectivity index (χ4n) is 4.67. The van der Waals surface area contributed by atoms with Crippen LogP contribution in [-0.2, 0) is 11.2 Å². The molecule has 1 N–H and O–H groups in total. The SMILES string of the molecule is Cc1ccc(C2OC2N[C@@H]2C3CCN(CC3)[C@H]2Cc2cccnc2)s1. The summed E-state index contributed by atoms with van der Waals surface area (Å²) in [5.41, 5.74) is 1.34. The third kappa shape index (κ3) is 3.14. The minimum atomic E-state index is 0.194. The lowest BCUT2D eigenvalue weighted by molar-refractivity contribution is 0.00861. The van der Waals surface area contributed by atoms with Crippen LogP contribution in [0.2, 0.25) is 0 Å². The maximum absolute atomic E-state index is 5.99. The van der Waals surface area contributed by atoms with Crippen molar-refractivity contribution in [2.45, 2.75) is 50.6 Å². The van der Waals surface area contributed by atoms with Crippen LogP contribution in [0.4, 0.5) is 0 Å². The quantitative estimate of drug-likeness (QED) is 0.837. The van der Waals surface area contributed by atoms with Crippen LogP contribution in [0.15, 0.2) is 36.7 Å². The fraction of sp³-hybridized carbons (Fsp3) is 0.550. The first kappa shape index (κ1) is 15.9. The topological polar surface area (TPSA) is 40.7 Å². The van der Waals surface area contributed by atoms with Gasteiger partial charge < -0.3 is 4.74 Å². The van der Waals surface area contributed by atoms with E-state index in [2.05, 4.69) is 40.3 Å². The number of hydrogen-bond donors (Lipinski definition) is 1. The zero-order valence-electron chi connectivity index (χ0n) is 14.6. The number of piperidine rings is 3. The molecule has 4 atom stereocenters. The van der Waals surface area contributed by atoms with Gasteiger partial charge in [0.1, 0.15) is 12.3 Å². The van der Waals surface area contributed by atoms with Gasteiger partial charge in [0.2, 0.25) is 0 Å². The lowest BCUT2D eigenvalue weighted by Crippen LogP contribution is -2.63. The number of nitrogens with zero attached hydrogens (tertiary/aromatic N) is 2. The number of pyridine rings is 1. The number of nitrogens with one attached hydrogen (secondary N) is 1. The predicted octanol–water partition coefficient (Wildman–Crippen LogP) is 3.14. The van der Waals surface area contributed by atoms with Gasteiger partial charge in [0, 0.05) is 34.2 Å². The first-order valence-corrected chi connectivity index (χ1v) is 10.2. The van der Waals surface area contributed by atoms with Crippen LogP contribution in [0.5, 0.6) is 0 Å². The Morgan fingerprint density at radius 3 is 2.88 bits per heavy atom. The van der Waals surface area contributed by atoms with Crippen molar-refractivity contribution in [3.63, 3.8) is 0 Å². The van der Waals surface area contributed by atoms with E-state index in [1.807, 2.05) is 29.8 Å². The minimum absolute atomic E-state index is 0.194. The lowest BCUT2D eigenvalue weighted by Gasteiger charge is -2.51. The highest BCUT2D eigenvalue weighted by Gasteiger charge is 2.48. The summed E-state index contributed by atoms with van der Waals surface area (Å²) in [7, 11) is 0.